The van der Waals surface area contributed by atoms with Crippen molar-refractivity contribution >= 4 is 0 Å². The average Bonchev–Trinajstić information content (AvgIpc) is 2.61. The molecule has 0 aliphatic carbocycles. The highest BCUT2D eigenvalue weighted by Crippen LogP contribution is 2.39. The van der Waals surface area contributed by atoms with E-state index in [4.69, 9.17) is 9.84 Å². The molecule has 0 unspecified atom stereocenters. The zero-order chi connectivity index (χ0) is 9.19. The lowest BCUT2D eigenvalue weighted by Crippen LogP contribution is -2.11. The van der Waals surface area contributed by atoms with Crippen LogP contribution < -0.4 is 0 Å². The summed E-state index contributed by atoms with van der Waals surface area (Å²) in [5, 5.41) is 8.81. The third kappa shape index (κ3) is 2.32. The van der Waals surface area contributed by atoms with Crippen molar-refractivity contribution in [3.63, 3.8) is 0 Å². The lowest BCUT2D eigenvalue weighted by atomic mass is 10.0. The Bertz CT molecular complexity index is 182. The molecule has 2 atom stereocenters. The Morgan fingerprint density at radius 1 is 1.58 bits per heavy atom. The molecule has 1 N–H and O–H groups in total. The van der Waals surface area contributed by atoms with Crippen LogP contribution in [0.2, 0.25) is 0 Å². The second-order valence-electron chi connectivity index (χ2n) is 3.92. The van der Waals surface area contributed by atoms with Crippen LogP contribution in [0.5, 0.6) is 0 Å². The van der Waals surface area contributed by atoms with Gasteiger partial charge in [-0.2, -0.15) is 0 Å². The van der Waals surface area contributed by atoms with Gasteiger partial charge in [0, 0.05) is 0 Å². The molecule has 12 heavy (non-hydrogen) atoms. The quantitative estimate of drug-likeness (QED) is 0.516. The lowest BCUT2D eigenvalue weighted by Gasteiger charge is -2.02. The van der Waals surface area contributed by atoms with E-state index < -0.39 is 0 Å². The summed E-state index contributed by atoms with van der Waals surface area (Å²) >= 11 is 0. The van der Waals surface area contributed by atoms with E-state index >= 15 is 0 Å². The molecule has 1 fully saturated rings. The first kappa shape index (κ1) is 9.75. The van der Waals surface area contributed by atoms with E-state index in [0.29, 0.717) is 0 Å². The second-order valence-corrected chi connectivity index (χ2v) is 3.92. The lowest BCUT2D eigenvalue weighted by molar-refractivity contribution is 0.235. The zero-order valence-corrected chi connectivity index (χ0v) is 8.13. The fourth-order valence-corrected chi connectivity index (χ4v) is 1.39. The summed E-state index contributed by atoms with van der Waals surface area (Å²) in [6, 6.07) is 0. The fourth-order valence-electron chi connectivity index (χ4n) is 1.39. The van der Waals surface area contributed by atoms with Gasteiger partial charge in [0.1, 0.15) is 6.10 Å². The predicted octanol–water partition coefficient (Wildman–Crippen LogP) is 1.88. The first-order valence-corrected chi connectivity index (χ1v) is 4.50. The molecule has 0 radical (unpaired) electrons. The summed E-state index contributed by atoms with van der Waals surface area (Å²) in [5.41, 5.74) is 1.31. The monoisotopic (exact) mass is 170 g/mol. The van der Waals surface area contributed by atoms with Gasteiger partial charge >= 0.3 is 0 Å². The third-order valence-corrected chi connectivity index (χ3v) is 2.39. The smallest absolute Gasteiger partial charge is 0.110 e. The van der Waals surface area contributed by atoms with E-state index in [0.717, 1.165) is 12.8 Å². The summed E-state index contributed by atoms with van der Waals surface area (Å²) < 4.78 is 5.36. The van der Waals surface area contributed by atoms with Crippen molar-refractivity contribution in [2.45, 2.75) is 45.3 Å². The number of rotatable bonds is 4. The third-order valence-electron chi connectivity index (χ3n) is 2.39. The van der Waals surface area contributed by atoms with E-state index in [2.05, 4.69) is 26.8 Å². The Morgan fingerprint density at radius 2 is 2.25 bits per heavy atom. The van der Waals surface area contributed by atoms with Crippen molar-refractivity contribution in [3.8, 4) is 0 Å². The Morgan fingerprint density at radius 3 is 2.67 bits per heavy atom. The largest absolute Gasteiger partial charge is 0.394 e. The molecule has 0 aromatic rings. The number of epoxide rings is 1. The molecule has 1 aliphatic heterocycles. The van der Waals surface area contributed by atoms with Crippen molar-refractivity contribution in [2.24, 2.45) is 0 Å². The molecule has 70 valence electrons. The molecule has 2 heteroatoms. The maximum absolute atomic E-state index is 8.81. The number of aliphatic hydroxyl groups excluding tert-OH is 1. The number of hydrogen-bond acceptors (Lipinski definition) is 2. The van der Waals surface area contributed by atoms with Gasteiger partial charge in [0.25, 0.3) is 0 Å². The maximum atomic E-state index is 8.81. The molecule has 0 aromatic heterocycles. The highest BCUT2D eigenvalue weighted by atomic mass is 16.6. The second kappa shape index (κ2) is 3.58. The van der Waals surface area contributed by atoms with Crippen LogP contribution in [0.4, 0.5) is 0 Å². The Hall–Kier alpha value is -0.340. The van der Waals surface area contributed by atoms with Gasteiger partial charge < -0.3 is 9.84 Å². The number of hydrogen-bond donors (Lipinski definition) is 1. The van der Waals surface area contributed by atoms with Crippen molar-refractivity contribution in [2.75, 3.05) is 6.61 Å². The Balaban J connectivity index is 2.21. The van der Waals surface area contributed by atoms with Crippen LogP contribution >= 0.6 is 0 Å². The predicted molar refractivity (Wildman–Crippen MR) is 49.0 cm³/mol. The minimum Gasteiger partial charge on any atom is -0.394 e. The average molecular weight is 170 g/mol. The van der Waals surface area contributed by atoms with Crippen LogP contribution in [0, 0.1) is 0 Å². The molecule has 1 aliphatic rings. The topological polar surface area (TPSA) is 32.8 Å². The van der Waals surface area contributed by atoms with Gasteiger partial charge in [0.05, 0.1) is 12.2 Å². The highest BCUT2D eigenvalue weighted by molar-refractivity contribution is 5.02. The van der Waals surface area contributed by atoms with Gasteiger partial charge in [-0.15, -0.1) is 0 Å². The molecule has 2 nitrogen and oxygen atoms in total. The molecule has 0 bridgehead atoms. The molecule has 1 saturated heterocycles. The van der Waals surface area contributed by atoms with Crippen molar-refractivity contribution in [3.05, 3.63) is 11.6 Å². The minimum absolute atomic E-state index is 0.0410. The summed E-state index contributed by atoms with van der Waals surface area (Å²) in [5.74, 6) is 0. The zero-order valence-electron chi connectivity index (χ0n) is 8.13. The molecule has 1 heterocycles. The molecular formula is C10H18O2. The Kier molecular flexibility index (Phi) is 2.91. The number of ether oxygens (including phenoxy) is 1. The number of allylic oxidation sites excluding steroid dienone is 2. The summed E-state index contributed by atoms with van der Waals surface area (Å²) in [4.78, 5) is 0. The van der Waals surface area contributed by atoms with Crippen molar-refractivity contribution < 1.29 is 9.84 Å². The number of aliphatic hydroxyl groups is 1. The van der Waals surface area contributed by atoms with Gasteiger partial charge in [0.15, 0.2) is 0 Å². The standard InChI is InChI=1S/C10H18O2/c1-8(2)5-4-6-10(3)9(7-11)12-10/h5,9,11H,4,6-7H2,1-3H3/t9-,10-/m0/s1. The first-order chi connectivity index (χ1) is 5.58. The van der Waals surface area contributed by atoms with Gasteiger partial charge in [-0.3, -0.25) is 0 Å². The molecular weight excluding hydrogens is 152 g/mol. The molecule has 0 spiro atoms. The van der Waals surface area contributed by atoms with Gasteiger partial charge in [-0.1, -0.05) is 11.6 Å². The first-order valence-electron chi connectivity index (χ1n) is 4.50. The van der Waals surface area contributed by atoms with Crippen LogP contribution in [0.15, 0.2) is 11.6 Å². The molecule has 1 rings (SSSR count). The summed E-state index contributed by atoms with van der Waals surface area (Å²) in [6.07, 6.45) is 4.36. The molecule has 0 aromatic carbocycles. The SMILES string of the molecule is CC(C)=CCC[C@]1(C)O[C@H]1CO. The van der Waals surface area contributed by atoms with Crippen LogP contribution in [-0.4, -0.2) is 23.4 Å². The van der Waals surface area contributed by atoms with Crippen LogP contribution in [0.25, 0.3) is 0 Å². The van der Waals surface area contributed by atoms with Crippen LogP contribution in [-0.2, 0) is 4.74 Å². The van der Waals surface area contributed by atoms with E-state index in [1.165, 1.54) is 5.57 Å². The van der Waals surface area contributed by atoms with Crippen molar-refractivity contribution in [1.82, 2.24) is 0 Å². The van der Waals surface area contributed by atoms with Gasteiger partial charge in [-0.05, 0) is 33.6 Å². The normalized spacial score (nSPS) is 33.2. The van der Waals surface area contributed by atoms with E-state index in [1.54, 1.807) is 0 Å². The van der Waals surface area contributed by atoms with E-state index in [1.807, 2.05) is 0 Å². The molecule has 0 amide bonds. The summed E-state index contributed by atoms with van der Waals surface area (Å²) in [7, 11) is 0. The van der Waals surface area contributed by atoms with Gasteiger partial charge in [0.2, 0.25) is 0 Å². The fraction of sp³-hybridized carbons (Fsp3) is 0.800. The van der Waals surface area contributed by atoms with Crippen LogP contribution in [0.1, 0.15) is 33.6 Å². The van der Waals surface area contributed by atoms with Crippen molar-refractivity contribution in [1.29, 1.82) is 0 Å². The minimum atomic E-state index is -0.0410. The maximum Gasteiger partial charge on any atom is 0.110 e. The van der Waals surface area contributed by atoms with E-state index in [-0.39, 0.29) is 18.3 Å². The Labute approximate surface area is 74.2 Å². The summed E-state index contributed by atoms with van der Waals surface area (Å²) in [6.45, 7) is 6.41. The molecule has 0 saturated carbocycles. The van der Waals surface area contributed by atoms with Gasteiger partial charge in [-0.25, -0.2) is 0 Å². The van der Waals surface area contributed by atoms with Crippen LogP contribution in [0.3, 0.4) is 0 Å². The highest BCUT2D eigenvalue weighted by Gasteiger charge is 2.50. The van der Waals surface area contributed by atoms with E-state index in [9.17, 15) is 0 Å².